The standard InChI is InChI=1S/C17H17N5O4/c1-4-26-10-5-6-12-11(7-10)9(2)18-16(19-12)22-17-20-13(15(24)21-17)8-14(23)25-3/h5-8H,4H2,1-3H3,(H2,18,19,20,21,22,24)/b13-8-. The fourth-order valence-electron chi connectivity index (χ4n) is 2.38. The number of nitrogens with zero attached hydrogens (tertiary/aromatic N) is 3. The number of aryl methyl sites for hydroxylation is 1. The number of aliphatic imine (C=N–C) groups is 1. The number of carbonyl (C=O) groups excluding carboxylic acids is 2. The predicted octanol–water partition coefficient (Wildman–Crippen LogP) is 1.10. The predicted molar refractivity (Wildman–Crippen MR) is 93.9 cm³/mol. The molecule has 0 radical (unpaired) electrons. The number of benzene rings is 1. The zero-order valence-corrected chi connectivity index (χ0v) is 14.5. The van der Waals surface area contributed by atoms with Crippen molar-refractivity contribution >= 4 is 34.7 Å². The lowest BCUT2D eigenvalue weighted by Gasteiger charge is -2.07. The molecule has 2 N–H and O–H groups in total. The molecule has 0 saturated carbocycles. The lowest BCUT2D eigenvalue weighted by molar-refractivity contribution is -0.135. The summed E-state index contributed by atoms with van der Waals surface area (Å²) >= 11 is 0. The summed E-state index contributed by atoms with van der Waals surface area (Å²) in [4.78, 5) is 36.0. The molecule has 2 aromatic rings. The molecule has 1 aliphatic rings. The quantitative estimate of drug-likeness (QED) is 0.623. The first kappa shape index (κ1) is 17.3. The molecule has 0 unspecified atom stereocenters. The first-order chi connectivity index (χ1) is 12.5. The van der Waals surface area contributed by atoms with Crippen LogP contribution < -0.4 is 15.4 Å². The van der Waals surface area contributed by atoms with E-state index in [4.69, 9.17) is 4.74 Å². The van der Waals surface area contributed by atoms with Gasteiger partial charge < -0.3 is 14.8 Å². The van der Waals surface area contributed by atoms with E-state index in [1.165, 1.54) is 7.11 Å². The highest BCUT2D eigenvalue weighted by Crippen LogP contribution is 2.23. The van der Waals surface area contributed by atoms with E-state index in [9.17, 15) is 9.59 Å². The van der Waals surface area contributed by atoms with Crippen molar-refractivity contribution in [1.29, 1.82) is 0 Å². The molecule has 0 spiro atoms. The van der Waals surface area contributed by atoms with Gasteiger partial charge in [-0.2, -0.15) is 4.99 Å². The monoisotopic (exact) mass is 355 g/mol. The SMILES string of the molecule is CCOc1ccc2nc(N=C3NC(=O)/C(=C/C(=O)OC)N3)nc(C)c2c1. The van der Waals surface area contributed by atoms with Gasteiger partial charge in [-0.15, -0.1) is 0 Å². The number of ether oxygens (including phenoxy) is 2. The van der Waals surface area contributed by atoms with Crippen LogP contribution in [0.3, 0.4) is 0 Å². The third-order valence-corrected chi connectivity index (χ3v) is 3.56. The minimum atomic E-state index is -0.646. The maximum absolute atomic E-state index is 11.8. The van der Waals surface area contributed by atoms with Crippen LogP contribution in [0, 0.1) is 6.92 Å². The van der Waals surface area contributed by atoms with Gasteiger partial charge in [0, 0.05) is 5.39 Å². The molecule has 9 nitrogen and oxygen atoms in total. The molecule has 9 heteroatoms. The van der Waals surface area contributed by atoms with Crippen LogP contribution in [0.15, 0.2) is 35.0 Å². The minimum Gasteiger partial charge on any atom is -0.494 e. The second-order valence-electron chi connectivity index (χ2n) is 5.34. The fourth-order valence-corrected chi connectivity index (χ4v) is 2.38. The average molecular weight is 355 g/mol. The Balaban J connectivity index is 1.90. The van der Waals surface area contributed by atoms with E-state index in [0.29, 0.717) is 12.1 Å². The van der Waals surface area contributed by atoms with Gasteiger partial charge in [-0.1, -0.05) is 0 Å². The first-order valence-electron chi connectivity index (χ1n) is 7.88. The second-order valence-corrected chi connectivity index (χ2v) is 5.34. The molecular weight excluding hydrogens is 338 g/mol. The summed E-state index contributed by atoms with van der Waals surface area (Å²) in [6.07, 6.45) is 1.04. The van der Waals surface area contributed by atoms with Gasteiger partial charge in [0.25, 0.3) is 11.9 Å². The van der Waals surface area contributed by atoms with E-state index < -0.39 is 11.9 Å². The van der Waals surface area contributed by atoms with Crippen molar-refractivity contribution in [1.82, 2.24) is 20.6 Å². The summed E-state index contributed by atoms with van der Waals surface area (Å²) in [6.45, 7) is 4.33. The van der Waals surface area contributed by atoms with Crippen molar-refractivity contribution in [3.63, 3.8) is 0 Å². The Kier molecular flexibility index (Phi) is 4.78. The summed E-state index contributed by atoms with van der Waals surface area (Å²) in [5, 5.41) is 6.05. The maximum atomic E-state index is 11.8. The zero-order valence-electron chi connectivity index (χ0n) is 14.5. The maximum Gasteiger partial charge on any atom is 0.332 e. The number of rotatable bonds is 4. The summed E-state index contributed by atoms with van der Waals surface area (Å²) in [5.74, 6) is -0.0796. The van der Waals surface area contributed by atoms with Gasteiger partial charge in [-0.25, -0.2) is 14.8 Å². The second kappa shape index (κ2) is 7.18. The van der Waals surface area contributed by atoms with Crippen LogP contribution in [-0.2, 0) is 14.3 Å². The number of nitrogens with one attached hydrogen (secondary N) is 2. The van der Waals surface area contributed by atoms with Crippen LogP contribution in [0.5, 0.6) is 5.75 Å². The number of hydrogen-bond acceptors (Lipinski definition) is 7. The van der Waals surface area contributed by atoms with Gasteiger partial charge in [0.15, 0.2) is 0 Å². The van der Waals surface area contributed by atoms with Gasteiger partial charge in [0.1, 0.15) is 11.4 Å². The number of carbonyl (C=O) groups is 2. The highest BCUT2D eigenvalue weighted by molar-refractivity contribution is 6.15. The Morgan fingerprint density at radius 2 is 2.12 bits per heavy atom. The molecule has 134 valence electrons. The van der Waals surface area contributed by atoms with Crippen molar-refractivity contribution in [3.8, 4) is 5.75 Å². The van der Waals surface area contributed by atoms with E-state index in [1.807, 2.05) is 32.0 Å². The lowest BCUT2D eigenvalue weighted by atomic mass is 10.2. The molecule has 0 bridgehead atoms. The van der Waals surface area contributed by atoms with Crippen LogP contribution in [-0.4, -0.2) is 41.5 Å². The highest BCUT2D eigenvalue weighted by Gasteiger charge is 2.23. The first-order valence-corrected chi connectivity index (χ1v) is 7.88. The van der Waals surface area contributed by atoms with Gasteiger partial charge >= 0.3 is 5.97 Å². The summed E-state index contributed by atoms with van der Waals surface area (Å²) in [5.41, 5.74) is 1.47. The van der Waals surface area contributed by atoms with Gasteiger partial charge in [-0.3, -0.25) is 10.1 Å². The smallest absolute Gasteiger partial charge is 0.332 e. The van der Waals surface area contributed by atoms with Crippen LogP contribution in [0.2, 0.25) is 0 Å². The Morgan fingerprint density at radius 3 is 2.85 bits per heavy atom. The molecule has 1 aromatic heterocycles. The van der Waals surface area contributed by atoms with Gasteiger partial charge in [0.2, 0.25) is 5.96 Å². The molecular formula is C17H17N5O4. The Bertz CT molecular complexity index is 952. The molecule has 1 amide bonds. The summed E-state index contributed by atoms with van der Waals surface area (Å²) < 4.78 is 9.98. The summed E-state index contributed by atoms with van der Waals surface area (Å²) in [6, 6.07) is 5.52. The number of guanidine groups is 1. The molecule has 1 saturated heterocycles. The number of amides is 1. The number of fused-ring (bicyclic) bond motifs is 1. The Morgan fingerprint density at radius 1 is 1.31 bits per heavy atom. The van der Waals surface area contributed by atoms with E-state index in [0.717, 1.165) is 22.9 Å². The number of aromatic nitrogens is 2. The topological polar surface area (TPSA) is 115 Å². The van der Waals surface area contributed by atoms with Crippen molar-refractivity contribution in [2.45, 2.75) is 13.8 Å². The van der Waals surface area contributed by atoms with Crippen LogP contribution in [0.25, 0.3) is 10.9 Å². The van der Waals surface area contributed by atoms with E-state index >= 15 is 0 Å². The molecule has 1 aromatic carbocycles. The largest absolute Gasteiger partial charge is 0.494 e. The number of esters is 1. The number of methoxy groups -OCH3 is 1. The van der Waals surface area contributed by atoms with Crippen molar-refractivity contribution in [2.75, 3.05) is 13.7 Å². The van der Waals surface area contributed by atoms with Crippen LogP contribution >= 0.6 is 0 Å². The van der Waals surface area contributed by atoms with Crippen LogP contribution in [0.4, 0.5) is 5.95 Å². The average Bonchev–Trinajstić information content (AvgIpc) is 2.94. The molecule has 0 aliphatic carbocycles. The third-order valence-electron chi connectivity index (χ3n) is 3.56. The van der Waals surface area contributed by atoms with E-state index in [-0.39, 0.29) is 17.6 Å². The molecule has 26 heavy (non-hydrogen) atoms. The van der Waals surface area contributed by atoms with Crippen molar-refractivity contribution in [3.05, 3.63) is 35.7 Å². The normalized spacial score (nSPS) is 16.7. The minimum absolute atomic E-state index is 0.0365. The Labute approximate surface area is 149 Å². The van der Waals surface area contributed by atoms with Crippen molar-refractivity contribution in [2.24, 2.45) is 4.99 Å². The molecule has 3 rings (SSSR count). The van der Waals surface area contributed by atoms with Crippen molar-refractivity contribution < 1.29 is 19.1 Å². The van der Waals surface area contributed by atoms with E-state index in [1.54, 1.807) is 0 Å². The lowest BCUT2D eigenvalue weighted by Crippen LogP contribution is -2.24. The van der Waals surface area contributed by atoms with Gasteiger partial charge in [0.05, 0.1) is 31.0 Å². The number of hydrogen-bond donors (Lipinski definition) is 2. The Hall–Kier alpha value is -3.49. The van der Waals surface area contributed by atoms with Crippen LogP contribution in [0.1, 0.15) is 12.6 Å². The van der Waals surface area contributed by atoms with Gasteiger partial charge in [-0.05, 0) is 32.0 Å². The molecule has 2 heterocycles. The molecule has 0 atom stereocenters. The summed E-state index contributed by atoms with van der Waals surface area (Å²) in [7, 11) is 1.23. The fraction of sp³-hybridized carbons (Fsp3) is 0.235. The molecule has 1 fully saturated rings. The van der Waals surface area contributed by atoms with E-state index in [2.05, 4.69) is 30.3 Å². The zero-order chi connectivity index (χ0) is 18.7. The molecule has 1 aliphatic heterocycles. The third kappa shape index (κ3) is 3.61. The highest BCUT2D eigenvalue weighted by atomic mass is 16.5.